The molecule has 1 atom stereocenters. The van der Waals surface area contributed by atoms with Gasteiger partial charge in [-0.25, -0.2) is 4.39 Å². The zero-order valence-corrected chi connectivity index (χ0v) is 12.4. The zero-order chi connectivity index (χ0) is 14.4. The third kappa shape index (κ3) is 2.09. The highest BCUT2D eigenvalue weighted by Gasteiger charge is 2.39. The van der Waals surface area contributed by atoms with Crippen LogP contribution >= 0.6 is 22.6 Å². The van der Waals surface area contributed by atoms with Crippen LogP contribution in [0.5, 0.6) is 0 Å². The lowest BCUT2D eigenvalue weighted by molar-refractivity contribution is -0.136. The maximum absolute atomic E-state index is 13.5. The third-order valence-corrected chi connectivity index (χ3v) is 4.39. The first-order chi connectivity index (χ1) is 9.47. The van der Waals surface area contributed by atoms with Crippen molar-refractivity contribution in [3.05, 3.63) is 32.6 Å². The second kappa shape index (κ2) is 4.80. The molecule has 2 aliphatic rings. The van der Waals surface area contributed by atoms with Gasteiger partial charge < -0.3 is 4.90 Å². The van der Waals surface area contributed by atoms with E-state index in [2.05, 4.69) is 5.32 Å². The number of hydrogen-bond acceptors (Lipinski definition) is 3. The van der Waals surface area contributed by atoms with Gasteiger partial charge >= 0.3 is 0 Å². The lowest BCUT2D eigenvalue weighted by atomic mass is 10.0. The van der Waals surface area contributed by atoms with Crippen LogP contribution in [0.25, 0.3) is 0 Å². The summed E-state index contributed by atoms with van der Waals surface area (Å²) in [6.07, 6.45) is 0.520. The number of carbonyl (C=O) groups excluding carboxylic acids is 3. The Labute approximate surface area is 127 Å². The molecule has 0 spiro atoms. The van der Waals surface area contributed by atoms with Crippen molar-refractivity contribution in [3.63, 3.8) is 0 Å². The van der Waals surface area contributed by atoms with Gasteiger partial charge in [-0.1, -0.05) is 0 Å². The Hall–Kier alpha value is -1.51. The van der Waals surface area contributed by atoms with Crippen LogP contribution in [0.4, 0.5) is 4.39 Å². The van der Waals surface area contributed by atoms with E-state index in [-0.39, 0.29) is 30.6 Å². The van der Waals surface area contributed by atoms with Gasteiger partial charge in [0.25, 0.3) is 5.91 Å². The predicted octanol–water partition coefficient (Wildman–Crippen LogP) is 1.19. The molecule has 0 aliphatic carbocycles. The van der Waals surface area contributed by atoms with E-state index in [9.17, 15) is 18.8 Å². The summed E-state index contributed by atoms with van der Waals surface area (Å²) in [5.74, 6) is -1.44. The molecule has 1 unspecified atom stereocenters. The van der Waals surface area contributed by atoms with Crippen molar-refractivity contribution >= 4 is 40.3 Å². The van der Waals surface area contributed by atoms with Crippen LogP contribution < -0.4 is 5.32 Å². The minimum atomic E-state index is -0.659. The van der Waals surface area contributed by atoms with Crippen molar-refractivity contribution in [3.8, 4) is 0 Å². The molecule has 1 fully saturated rings. The maximum atomic E-state index is 13.5. The van der Waals surface area contributed by atoms with Crippen LogP contribution in [-0.4, -0.2) is 28.7 Å². The molecule has 1 saturated heterocycles. The Balaban J connectivity index is 1.90. The zero-order valence-electron chi connectivity index (χ0n) is 10.3. The highest BCUT2D eigenvalue weighted by molar-refractivity contribution is 14.1. The fourth-order valence-electron chi connectivity index (χ4n) is 2.56. The lowest BCUT2D eigenvalue weighted by Crippen LogP contribution is -2.52. The van der Waals surface area contributed by atoms with E-state index in [1.807, 2.05) is 22.6 Å². The van der Waals surface area contributed by atoms with Gasteiger partial charge in [-0.3, -0.25) is 19.7 Å². The second-order valence-corrected chi connectivity index (χ2v) is 5.99. The Kier molecular flexibility index (Phi) is 3.23. The van der Waals surface area contributed by atoms with E-state index in [4.69, 9.17) is 0 Å². The molecule has 0 aromatic heterocycles. The minimum Gasteiger partial charge on any atom is -0.322 e. The average molecular weight is 388 g/mol. The Bertz CT molecular complexity index is 647. The number of piperidine rings is 1. The maximum Gasteiger partial charge on any atom is 0.255 e. The number of benzene rings is 1. The summed E-state index contributed by atoms with van der Waals surface area (Å²) in [6, 6.07) is 2.17. The predicted molar refractivity (Wildman–Crippen MR) is 75.2 cm³/mol. The number of carbonyl (C=O) groups is 3. The van der Waals surface area contributed by atoms with E-state index in [1.54, 1.807) is 0 Å². The number of halogens is 2. The van der Waals surface area contributed by atoms with Gasteiger partial charge in [0.1, 0.15) is 11.9 Å². The summed E-state index contributed by atoms with van der Waals surface area (Å²) in [7, 11) is 0. The number of imide groups is 1. The third-order valence-electron chi connectivity index (χ3n) is 3.56. The fourth-order valence-corrected chi connectivity index (χ4v) is 3.03. The van der Waals surface area contributed by atoms with E-state index in [1.165, 1.54) is 17.0 Å². The summed E-state index contributed by atoms with van der Waals surface area (Å²) < 4.78 is 13.9. The standard InChI is InChI=1S/C13H10FIN2O3/c14-8-3-6-5-17(13(20)7(6)4-9(8)15)10-1-2-11(18)16-12(10)19/h3-4,10H,1-2,5H2,(H,16,18,19). The number of amides is 3. The normalized spacial score (nSPS) is 22.0. The molecule has 5 nitrogen and oxygen atoms in total. The molecule has 1 aromatic rings. The summed E-state index contributed by atoms with van der Waals surface area (Å²) >= 11 is 1.83. The van der Waals surface area contributed by atoms with Gasteiger partial charge in [-0.05, 0) is 46.7 Å². The average Bonchev–Trinajstić information content (AvgIpc) is 2.68. The van der Waals surface area contributed by atoms with E-state index in [0.29, 0.717) is 21.1 Å². The van der Waals surface area contributed by atoms with Crippen molar-refractivity contribution in [2.45, 2.75) is 25.4 Å². The van der Waals surface area contributed by atoms with Gasteiger partial charge in [-0.2, -0.15) is 0 Å². The van der Waals surface area contributed by atoms with E-state index >= 15 is 0 Å². The van der Waals surface area contributed by atoms with Crippen molar-refractivity contribution in [2.75, 3.05) is 0 Å². The van der Waals surface area contributed by atoms with Gasteiger partial charge in [0.15, 0.2) is 0 Å². The summed E-state index contributed by atoms with van der Waals surface area (Å²) in [4.78, 5) is 36.7. The number of rotatable bonds is 1. The van der Waals surface area contributed by atoms with Gasteiger partial charge in [0, 0.05) is 22.1 Å². The fraction of sp³-hybridized carbons (Fsp3) is 0.308. The Morgan fingerprint density at radius 3 is 2.75 bits per heavy atom. The van der Waals surface area contributed by atoms with Crippen LogP contribution in [0.3, 0.4) is 0 Å². The van der Waals surface area contributed by atoms with E-state index in [0.717, 1.165) is 0 Å². The molecule has 2 aliphatic heterocycles. The van der Waals surface area contributed by atoms with Crippen LogP contribution in [0.15, 0.2) is 12.1 Å². The van der Waals surface area contributed by atoms with Crippen molar-refractivity contribution < 1.29 is 18.8 Å². The molecule has 0 saturated carbocycles. The highest BCUT2D eigenvalue weighted by Crippen LogP contribution is 2.29. The largest absolute Gasteiger partial charge is 0.322 e. The van der Waals surface area contributed by atoms with Crippen LogP contribution in [0, 0.1) is 9.39 Å². The van der Waals surface area contributed by atoms with Crippen LogP contribution in [0.2, 0.25) is 0 Å². The Morgan fingerprint density at radius 2 is 2.05 bits per heavy atom. The van der Waals surface area contributed by atoms with Gasteiger partial charge in [-0.15, -0.1) is 0 Å². The second-order valence-electron chi connectivity index (χ2n) is 4.82. The molecule has 2 heterocycles. The summed E-state index contributed by atoms with van der Waals surface area (Å²) in [6.45, 7) is 0.203. The number of hydrogen-bond donors (Lipinski definition) is 1. The van der Waals surface area contributed by atoms with Crippen LogP contribution in [0.1, 0.15) is 28.8 Å². The van der Waals surface area contributed by atoms with Crippen LogP contribution in [-0.2, 0) is 16.1 Å². The summed E-state index contributed by atoms with van der Waals surface area (Å²) in [5.41, 5.74) is 1.01. The summed E-state index contributed by atoms with van der Waals surface area (Å²) in [5, 5.41) is 2.23. The molecule has 104 valence electrons. The van der Waals surface area contributed by atoms with Crippen molar-refractivity contribution in [1.82, 2.24) is 10.2 Å². The number of nitrogens with one attached hydrogen (secondary N) is 1. The van der Waals surface area contributed by atoms with Crippen molar-refractivity contribution in [2.24, 2.45) is 0 Å². The molecule has 0 radical (unpaired) electrons. The SMILES string of the molecule is O=C1CCC(N2Cc3cc(F)c(I)cc3C2=O)C(=O)N1. The lowest BCUT2D eigenvalue weighted by Gasteiger charge is -2.29. The topological polar surface area (TPSA) is 66.5 Å². The minimum absolute atomic E-state index is 0.203. The Morgan fingerprint density at radius 1 is 1.30 bits per heavy atom. The smallest absolute Gasteiger partial charge is 0.255 e. The first-order valence-corrected chi connectivity index (χ1v) is 7.18. The molecule has 3 amide bonds. The molecule has 20 heavy (non-hydrogen) atoms. The van der Waals surface area contributed by atoms with Gasteiger partial charge in [0.2, 0.25) is 11.8 Å². The van der Waals surface area contributed by atoms with Crippen molar-refractivity contribution in [1.29, 1.82) is 0 Å². The first-order valence-electron chi connectivity index (χ1n) is 6.10. The number of fused-ring (bicyclic) bond motifs is 1. The first kappa shape index (κ1) is 13.5. The number of nitrogens with zero attached hydrogens (tertiary/aromatic N) is 1. The van der Waals surface area contributed by atoms with Gasteiger partial charge in [0.05, 0.1) is 0 Å². The molecule has 1 N–H and O–H groups in total. The monoisotopic (exact) mass is 388 g/mol. The molecular weight excluding hydrogens is 378 g/mol. The quantitative estimate of drug-likeness (QED) is 0.581. The molecule has 0 bridgehead atoms. The molecule has 3 rings (SSSR count). The van der Waals surface area contributed by atoms with E-state index < -0.39 is 11.9 Å². The molecular formula is C13H10FIN2O3. The highest BCUT2D eigenvalue weighted by atomic mass is 127. The molecule has 7 heteroatoms. The molecule has 1 aromatic carbocycles.